The number of amides is 2. The summed E-state index contributed by atoms with van der Waals surface area (Å²) in [7, 11) is 0. The molecule has 5 nitrogen and oxygen atoms in total. The Morgan fingerprint density at radius 1 is 0.828 bits per heavy atom. The third-order valence-electron chi connectivity index (χ3n) is 3.99. The first kappa shape index (κ1) is 20.1. The minimum Gasteiger partial charge on any atom is -0.322 e. The van der Waals surface area contributed by atoms with Crippen molar-refractivity contribution >= 4 is 23.2 Å². The van der Waals surface area contributed by atoms with Crippen LogP contribution in [0.25, 0.3) is 0 Å². The molecular weight excluding hydrogens is 383 g/mol. The summed E-state index contributed by atoms with van der Waals surface area (Å²) in [6.07, 6.45) is -1.99. The molecular formula is C21H16F3N3O2. The van der Waals surface area contributed by atoms with Crippen LogP contribution in [0.5, 0.6) is 0 Å². The Bertz CT molecular complexity index is 1060. The number of nitrogens with zero attached hydrogens (tertiary/aromatic N) is 1. The van der Waals surface area contributed by atoms with E-state index in [0.717, 1.165) is 17.7 Å². The molecule has 8 heteroatoms. The van der Waals surface area contributed by atoms with E-state index in [-0.39, 0.29) is 16.8 Å². The number of carbonyl (C=O) groups excluding carboxylic acids is 2. The van der Waals surface area contributed by atoms with Crippen LogP contribution in [0, 0.1) is 6.92 Å². The highest BCUT2D eigenvalue weighted by atomic mass is 19.4. The van der Waals surface area contributed by atoms with Crippen LogP contribution in [-0.4, -0.2) is 16.8 Å². The fourth-order valence-corrected chi connectivity index (χ4v) is 2.59. The Kier molecular flexibility index (Phi) is 5.63. The van der Waals surface area contributed by atoms with Gasteiger partial charge in [0.25, 0.3) is 11.8 Å². The smallest absolute Gasteiger partial charge is 0.322 e. The van der Waals surface area contributed by atoms with E-state index in [9.17, 15) is 22.8 Å². The Labute approximate surface area is 164 Å². The Morgan fingerprint density at radius 2 is 1.38 bits per heavy atom. The standard InChI is InChI=1S/C21H16F3N3O2/c1-13-4-2-6-17(8-13)26-19(28)14-9-15(12-25-11-14)20(29)27-18-7-3-5-16(10-18)21(22,23)24/h2-12H,1H3,(H,26,28)(H,27,29). The molecule has 0 unspecified atom stereocenters. The van der Waals surface area contributed by atoms with Crippen molar-refractivity contribution in [3.63, 3.8) is 0 Å². The van der Waals surface area contributed by atoms with Gasteiger partial charge in [-0.25, -0.2) is 0 Å². The maximum Gasteiger partial charge on any atom is 0.416 e. The van der Waals surface area contributed by atoms with Crippen molar-refractivity contribution in [3.8, 4) is 0 Å². The predicted octanol–water partition coefficient (Wildman–Crippen LogP) is 4.91. The van der Waals surface area contributed by atoms with E-state index in [1.54, 1.807) is 18.2 Å². The lowest BCUT2D eigenvalue weighted by atomic mass is 10.1. The molecule has 3 rings (SSSR count). The largest absolute Gasteiger partial charge is 0.416 e. The summed E-state index contributed by atoms with van der Waals surface area (Å²) in [6, 6.07) is 12.8. The highest BCUT2D eigenvalue weighted by Gasteiger charge is 2.30. The number of pyridine rings is 1. The first-order valence-corrected chi connectivity index (χ1v) is 8.54. The van der Waals surface area contributed by atoms with Gasteiger partial charge in [-0.15, -0.1) is 0 Å². The monoisotopic (exact) mass is 399 g/mol. The maximum absolute atomic E-state index is 12.8. The van der Waals surface area contributed by atoms with Crippen molar-refractivity contribution in [2.45, 2.75) is 13.1 Å². The molecule has 0 aliphatic heterocycles. The van der Waals surface area contributed by atoms with E-state index >= 15 is 0 Å². The Hall–Kier alpha value is -3.68. The fourth-order valence-electron chi connectivity index (χ4n) is 2.59. The van der Waals surface area contributed by atoms with Crippen molar-refractivity contribution in [3.05, 3.63) is 89.2 Å². The Balaban J connectivity index is 1.75. The van der Waals surface area contributed by atoms with Crippen molar-refractivity contribution in [2.24, 2.45) is 0 Å². The number of nitrogens with one attached hydrogen (secondary N) is 2. The topological polar surface area (TPSA) is 71.1 Å². The molecule has 148 valence electrons. The summed E-state index contributed by atoms with van der Waals surface area (Å²) < 4.78 is 38.4. The molecule has 0 aliphatic carbocycles. The lowest BCUT2D eigenvalue weighted by Gasteiger charge is -2.10. The molecule has 3 aromatic rings. The molecule has 2 aromatic carbocycles. The lowest BCUT2D eigenvalue weighted by Crippen LogP contribution is -2.16. The van der Waals surface area contributed by atoms with Crippen molar-refractivity contribution in [1.29, 1.82) is 0 Å². The van der Waals surface area contributed by atoms with Crippen LogP contribution in [0.3, 0.4) is 0 Å². The molecule has 2 N–H and O–H groups in total. The molecule has 0 spiro atoms. The van der Waals surface area contributed by atoms with Crippen LogP contribution in [0.1, 0.15) is 31.8 Å². The number of halogens is 3. The number of alkyl halides is 3. The van der Waals surface area contributed by atoms with Crippen LogP contribution < -0.4 is 10.6 Å². The quantitative estimate of drug-likeness (QED) is 0.655. The van der Waals surface area contributed by atoms with Gasteiger partial charge in [-0.2, -0.15) is 13.2 Å². The van der Waals surface area contributed by atoms with Crippen molar-refractivity contribution < 1.29 is 22.8 Å². The molecule has 1 aromatic heterocycles. The molecule has 0 saturated heterocycles. The molecule has 0 bridgehead atoms. The second-order valence-corrected chi connectivity index (χ2v) is 6.32. The van der Waals surface area contributed by atoms with Crippen LogP contribution in [0.4, 0.5) is 24.5 Å². The molecule has 0 radical (unpaired) electrons. The normalized spacial score (nSPS) is 11.0. The van der Waals surface area contributed by atoms with Gasteiger partial charge in [0.05, 0.1) is 16.7 Å². The van der Waals surface area contributed by atoms with Crippen LogP contribution in [0.2, 0.25) is 0 Å². The Morgan fingerprint density at radius 3 is 1.93 bits per heavy atom. The van der Waals surface area contributed by atoms with Gasteiger partial charge in [-0.1, -0.05) is 18.2 Å². The van der Waals surface area contributed by atoms with Gasteiger partial charge in [0.2, 0.25) is 0 Å². The average Bonchev–Trinajstić information content (AvgIpc) is 2.67. The summed E-state index contributed by atoms with van der Waals surface area (Å²) >= 11 is 0. The summed E-state index contributed by atoms with van der Waals surface area (Å²) in [5.74, 6) is -1.14. The third-order valence-corrected chi connectivity index (χ3v) is 3.99. The number of aryl methyl sites for hydroxylation is 1. The fraction of sp³-hybridized carbons (Fsp3) is 0.0952. The van der Waals surface area contributed by atoms with E-state index in [4.69, 9.17) is 0 Å². The molecule has 2 amide bonds. The summed E-state index contributed by atoms with van der Waals surface area (Å²) in [6.45, 7) is 1.88. The highest BCUT2D eigenvalue weighted by molar-refractivity contribution is 6.08. The third kappa shape index (κ3) is 5.19. The number of benzene rings is 2. The average molecular weight is 399 g/mol. The summed E-state index contributed by atoms with van der Waals surface area (Å²) in [5, 5.41) is 5.09. The van der Waals surface area contributed by atoms with Gasteiger partial charge >= 0.3 is 6.18 Å². The second kappa shape index (κ2) is 8.14. The van der Waals surface area contributed by atoms with Crippen molar-refractivity contribution in [1.82, 2.24) is 4.98 Å². The first-order valence-electron chi connectivity index (χ1n) is 8.54. The van der Waals surface area contributed by atoms with Gasteiger partial charge in [0.15, 0.2) is 0 Å². The molecule has 1 heterocycles. The molecule has 0 saturated carbocycles. The zero-order valence-electron chi connectivity index (χ0n) is 15.2. The molecule has 0 aliphatic rings. The number of aromatic nitrogens is 1. The minimum absolute atomic E-state index is 0.0144. The van der Waals surface area contributed by atoms with Gasteiger partial charge in [-0.3, -0.25) is 14.6 Å². The van der Waals surface area contributed by atoms with Gasteiger partial charge in [0, 0.05) is 23.8 Å². The van der Waals surface area contributed by atoms with Crippen LogP contribution in [-0.2, 0) is 6.18 Å². The molecule has 0 atom stereocenters. The number of hydrogen-bond acceptors (Lipinski definition) is 3. The predicted molar refractivity (Wildman–Crippen MR) is 103 cm³/mol. The number of hydrogen-bond donors (Lipinski definition) is 2. The van der Waals surface area contributed by atoms with Gasteiger partial charge in [-0.05, 0) is 48.9 Å². The van der Waals surface area contributed by atoms with E-state index in [1.807, 2.05) is 13.0 Å². The van der Waals surface area contributed by atoms with Crippen LogP contribution >= 0.6 is 0 Å². The number of carbonyl (C=O) groups is 2. The second-order valence-electron chi connectivity index (χ2n) is 6.32. The van der Waals surface area contributed by atoms with E-state index < -0.39 is 23.6 Å². The zero-order chi connectivity index (χ0) is 21.0. The number of rotatable bonds is 4. The van der Waals surface area contributed by atoms with Crippen LogP contribution in [0.15, 0.2) is 67.0 Å². The SMILES string of the molecule is Cc1cccc(NC(=O)c2cncc(C(=O)Nc3cccc(C(F)(F)F)c3)c2)c1. The number of anilines is 2. The van der Waals surface area contributed by atoms with E-state index in [0.29, 0.717) is 5.69 Å². The zero-order valence-corrected chi connectivity index (χ0v) is 15.2. The van der Waals surface area contributed by atoms with Crippen molar-refractivity contribution in [2.75, 3.05) is 10.6 Å². The maximum atomic E-state index is 12.8. The summed E-state index contributed by atoms with van der Waals surface area (Å²) in [4.78, 5) is 28.7. The molecule has 29 heavy (non-hydrogen) atoms. The van der Waals surface area contributed by atoms with E-state index in [2.05, 4.69) is 15.6 Å². The van der Waals surface area contributed by atoms with E-state index in [1.165, 1.54) is 30.6 Å². The van der Waals surface area contributed by atoms with Gasteiger partial charge in [0.1, 0.15) is 0 Å². The minimum atomic E-state index is -4.52. The lowest BCUT2D eigenvalue weighted by molar-refractivity contribution is -0.137. The molecule has 0 fully saturated rings. The highest BCUT2D eigenvalue weighted by Crippen LogP contribution is 2.30. The first-order chi connectivity index (χ1) is 13.7. The van der Waals surface area contributed by atoms with Gasteiger partial charge < -0.3 is 10.6 Å². The summed E-state index contributed by atoms with van der Waals surface area (Å²) in [5.41, 5.74) is 0.852.